The van der Waals surface area contributed by atoms with Crippen molar-refractivity contribution in [2.45, 2.75) is 39.7 Å². The number of furan rings is 1. The molecule has 2 aromatic heterocycles. The average Bonchev–Trinajstić information content (AvgIpc) is 2.87. The van der Waals surface area contributed by atoms with Gasteiger partial charge in [-0.15, -0.1) is 0 Å². The molecule has 0 fully saturated rings. The summed E-state index contributed by atoms with van der Waals surface area (Å²) in [5.74, 6) is 0.122. The molecule has 0 spiro atoms. The summed E-state index contributed by atoms with van der Waals surface area (Å²) < 4.78 is 12.0. The third-order valence-corrected chi connectivity index (χ3v) is 3.65. The predicted octanol–water partition coefficient (Wildman–Crippen LogP) is 1.86. The Morgan fingerprint density at radius 3 is 2.91 bits per heavy atom. The highest BCUT2D eigenvalue weighted by Crippen LogP contribution is 2.20. The summed E-state index contributed by atoms with van der Waals surface area (Å²) in [7, 11) is 1.61. The van der Waals surface area contributed by atoms with Crippen LogP contribution in [0.25, 0.3) is 11.1 Å². The van der Waals surface area contributed by atoms with Crippen molar-refractivity contribution in [2.24, 2.45) is 0 Å². The lowest BCUT2D eigenvalue weighted by atomic mass is 10.1. The fourth-order valence-electron chi connectivity index (χ4n) is 2.42. The quantitative estimate of drug-likeness (QED) is 0.750. The molecule has 0 aromatic carbocycles. The molecule has 0 radical (unpaired) electrons. The highest BCUT2D eigenvalue weighted by molar-refractivity contribution is 6.06. The Labute approximate surface area is 134 Å². The Hall–Kier alpha value is -2.15. The minimum absolute atomic E-state index is 0.205. The molecule has 0 aliphatic heterocycles. The number of rotatable bonds is 8. The number of aryl methyl sites for hydroxylation is 2. The van der Waals surface area contributed by atoms with Gasteiger partial charge in [0.25, 0.3) is 11.5 Å². The maximum Gasteiger partial charge on any atom is 0.265 e. The highest BCUT2D eigenvalue weighted by Gasteiger charge is 2.22. The van der Waals surface area contributed by atoms with E-state index in [2.05, 4.69) is 10.3 Å². The number of carbonyl (C=O) groups excluding carboxylic acids is 1. The summed E-state index contributed by atoms with van der Waals surface area (Å²) in [5, 5.41) is 3.07. The first kappa shape index (κ1) is 17.2. The Balaban J connectivity index is 2.36. The van der Waals surface area contributed by atoms with E-state index < -0.39 is 0 Å². The second-order valence-electron chi connectivity index (χ2n) is 5.41. The Kier molecular flexibility index (Phi) is 5.92. The van der Waals surface area contributed by atoms with Crippen LogP contribution < -0.4 is 10.9 Å². The van der Waals surface area contributed by atoms with Crippen LogP contribution in [0.3, 0.4) is 0 Å². The van der Waals surface area contributed by atoms with Crippen LogP contribution in [0.15, 0.2) is 15.5 Å². The smallest absolute Gasteiger partial charge is 0.265 e. The molecular weight excluding hydrogens is 298 g/mol. The van der Waals surface area contributed by atoms with Crippen molar-refractivity contribution in [2.75, 3.05) is 20.3 Å². The molecule has 0 bridgehead atoms. The lowest BCUT2D eigenvalue weighted by Gasteiger charge is -2.05. The minimum Gasteiger partial charge on any atom is -0.442 e. The van der Waals surface area contributed by atoms with Crippen molar-refractivity contribution in [3.05, 3.63) is 28.0 Å². The van der Waals surface area contributed by atoms with Crippen LogP contribution in [0.4, 0.5) is 0 Å². The third kappa shape index (κ3) is 3.79. The number of aromatic nitrogens is 2. The first-order chi connectivity index (χ1) is 11.1. The highest BCUT2D eigenvalue weighted by atomic mass is 16.5. The first-order valence-corrected chi connectivity index (χ1v) is 7.85. The summed E-state index contributed by atoms with van der Waals surface area (Å²) >= 11 is 0. The molecule has 0 aliphatic rings. The first-order valence-electron chi connectivity index (χ1n) is 7.85. The molecule has 126 valence electrons. The zero-order chi connectivity index (χ0) is 16.8. The van der Waals surface area contributed by atoms with Crippen molar-refractivity contribution < 1.29 is 13.9 Å². The number of nitrogens with zero attached hydrogens (tertiary/aromatic N) is 2. The molecule has 0 aliphatic carbocycles. The van der Waals surface area contributed by atoms with Crippen molar-refractivity contribution in [1.29, 1.82) is 0 Å². The summed E-state index contributed by atoms with van der Waals surface area (Å²) in [6.45, 7) is 5.33. The number of fused-ring (bicyclic) bond motifs is 1. The minimum atomic E-state index is -0.289. The van der Waals surface area contributed by atoms with E-state index in [1.54, 1.807) is 14.0 Å². The fraction of sp³-hybridized carbons (Fsp3) is 0.562. The van der Waals surface area contributed by atoms with E-state index in [0.717, 1.165) is 12.8 Å². The Morgan fingerprint density at radius 1 is 1.43 bits per heavy atom. The summed E-state index contributed by atoms with van der Waals surface area (Å²) in [5.41, 5.74) is 0.231. The van der Waals surface area contributed by atoms with Crippen molar-refractivity contribution >= 4 is 17.0 Å². The summed E-state index contributed by atoms with van der Waals surface area (Å²) in [6, 6.07) is 0. The van der Waals surface area contributed by atoms with Crippen LogP contribution >= 0.6 is 0 Å². The predicted molar refractivity (Wildman–Crippen MR) is 86.7 cm³/mol. The van der Waals surface area contributed by atoms with Crippen LogP contribution in [0, 0.1) is 6.92 Å². The van der Waals surface area contributed by atoms with Gasteiger partial charge < -0.3 is 14.5 Å². The van der Waals surface area contributed by atoms with Crippen LogP contribution in [0.1, 0.15) is 42.3 Å². The van der Waals surface area contributed by atoms with Gasteiger partial charge >= 0.3 is 0 Å². The average molecular weight is 321 g/mol. The van der Waals surface area contributed by atoms with E-state index in [4.69, 9.17) is 9.15 Å². The van der Waals surface area contributed by atoms with Crippen LogP contribution in [-0.2, 0) is 11.3 Å². The van der Waals surface area contributed by atoms with Gasteiger partial charge in [0.05, 0.1) is 5.56 Å². The fourth-order valence-corrected chi connectivity index (χ4v) is 2.42. The van der Waals surface area contributed by atoms with Crippen LogP contribution in [0.2, 0.25) is 0 Å². The number of hydrogen-bond donors (Lipinski definition) is 1. The number of methoxy groups -OCH3 is 1. The van der Waals surface area contributed by atoms with Gasteiger partial charge in [-0.05, 0) is 19.8 Å². The van der Waals surface area contributed by atoms with Gasteiger partial charge in [-0.1, -0.05) is 13.3 Å². The number of unbranched alkanes of at least 4 members (excludes halogenated alkanes) is 1. The van der Waals surface area contributed by atoms with E-state index in [1.165, 1.54) is 10.9 Å². The molecule has 2 rings (SSSR count). The molecule has 0 saturated carbocycles. The van der Waals surface area contributed by atoms with E-state index in [9.17, 15) is 9.59 Å². The van der Waals surface area contributed by atoms with E-state index in [0.29, 0.717) is 31.9 Å². The monoisotopic (exact) mass is 321 g/mol. The van der Waals surface area contributed by atoms with Crippen molar-refractivity contribution in [3.8, 4) is 0 Å². The molecule has 2 heterocycles. The van der Waals surface area contributed by atoms with E-state index >= 15 is 0 Å². The molecule has 0 atom stereocenters. The van der Waals surface area contributed by atoms with Gasteiger partial charge in [0.15, 0.2) is 0 Å². The second kappa shape index (κ2) is 7.92. The topological polar surface area (TPSA) is 86.4 Å². The van der Waals surface area contributed by atoms with Crippen LogP contribution in [-0.4, -0.2) is 35.7 Å². The lowest BCUT2D eigenvalue weighted by Crippen LogP contribution is -2.27. The zero-order valence-corrected chi connectivity index (χ0v) is 13.8. The number of amides is 1. The number of nitrogens with one attached hydrogen (secondary N) is 1. The summed E-state index contributed by atoms with van der Waals surface area (Å²) in [6.07, 6.45) is 4.01. The van der Waals surface area contributed by atoms with Gasteiger partial charge in [-0.3, -0.25) is 14.2 Å². The van der Waals surface area contributed by atoms with Gasteiger partial charge in [-0.25, -0.2) is 4.98 Å². The molecule has 7 nitrogen and oxygen atoms in total. The Morgan fingerprint density at radius 2 is 2.22 bits per heavy atom. The van der Waals surface area contributed by atoms with Crippen LogP contribution in [0.5, 0.6) is 0 Å². The lowest BCUT2D eigenvalue weighted by molar-refractivity contribution is 0.0953. The maximum absolute atomic E-state index is 12.6. The maximum atomic E-state index is 12.6. The molecule has 0 saturated heterocycles. The second-order valence-corrected chi connectivity index (χ2v) is 5.41. The standard InChI is InChI=1S/C16H23N3O4/c1-4-5-7-17-14(20)12-11(2)23-15-13(12)16(21)19(10-18-15)8-6-9-22-3/h10H,4-9H2,1-3H3,(H,17,20). The summed E-state index contributed by atoms with van der Waals surface area (Å²) in [4.78, 5) is 29.2. The molecule has 1 N–H and O–H groups in total. The molecule has 7 heteroatoms. The van der Waals surface area contributed by atoms with Gasteiger partial charge in [0.1, 0.15) is 17.5 Å². The van der Waals surface area contributed by atoms with Crippen molar-refractivity contribution in [3.63, 3.8) is 0 Å². The molecule has 23 heavy (non-hydrogen) atoms. The van der Waals surface area contributed by atoms with E-state index in [-0.39, 0.29) is 28.1 Å². The normalized spacial score (nSPS) is 11.1. The number of hydrogen-bond acceptors (Lipinski definition) is 5. The number of ether oxygens (including phenoxy) is 1. The third-order valence-electron chi connectivity index (χ3n) is 3.65. The molecule has 1 amide bonds. The molecule has 0 unspecified atom stereocenters. The zero-order valence-electron chi connectivity index (χ0n) is 13.8. The van der Waals surface area contributed by atoms with Gasteiger partial charge in [0, 0.05) is 26.8 Å². The van der Waals surface area contributed by atoms with Gasteiger partial charge in [-0.2, -0.15) is 0 Å². The Bertz CT molecular complexity index is 733. The number of carbonyl (C=O) groups is 1. The largest absolute Gasteiger partial charge is 0.442 e. The molecule has 2 aromatic rings. The van der Waals surface area contributed by atoms with Gasteiger partial charge in [0.2, 0.25) is 5.71 Å². The molecular formula is C16H23N3O4. The van der Waals surface area contributed by atoms with E-state index in [1.807, 2.05) is 6.92 Å². The SMILES string of the molecule is CCCCNC(=O)c1c(C)oc2ncn(CCCOC)c(=O)c12. The van der Waals surface area contributed by atoms with Crippen molar-refractivity contribution in [1.82, 2.24) is 14.9 Å².